The molecular weight excluding hydrogens is 430 g/mol. The van der Waals surface area contributed by atoms with Gasteiger partial charge in [-0.15, -0.1) is 0 Å². The first-order chi connectivity index (χ1) is 15.3. The summed E-state index contributed by atoms with van der Waals surface area (Å²) in [5.41, 5.74) is 1.85. The first kappa shape index (κ1) is 23.2. The van der Waals surface area contributed by atoms with Crippen molar-refractivity contribution >= 4 is 15.9 Å². The van der Waals surface area contributed by atoms with Gasteiger partial charge in [0, 0.05) is 38.0 Å². The SMILES string of the molecule is COc1cc(CNC(=O)c2ccc(OC)c(S(=O)(=O)N(C)Cc3ccccc3)c2)ccn1. The minimum atomic E-state index is -3.91. The van der Waals surface area contributed by atoms with E-state index in [1.54, 1.807) is 18.3 Å². The van der Waals surface area contributed by atoms with Gasteiger partial charge >= 0.3 is 0 Å². The molecule has 32 heavy (non-hydrogen) atoms. The molecule has 9 heteroatoms. The van der Waals surface area contributed by atoms with Crippen LogP contribution < -0.4 is 14.8 Å². The van der Waals surface area contributed by atoms with Gasteiger partial charge in [0.2, 0.25) is 15.9 Å². The summed E-state index contributed by atoms with van der Waals surface area (Å²) < 4.78 is 38.0. The van der Waals surface area contributed by atoms with Crippen LogP contribution >= 0.6 is 0 Å². The predicted octanol–water partition coefficient (Wildman–Crippen LogP) is 2.85. The zero-order valence-corrected chi connectivity index (χ0v) is 18.9. The van der Waals surface area contributed by atoms with Crippen LogP contribution in [0, 0.1) is 0 Å². The Morgan fingerprint density at radius 1 is 1.00 bits per heavy atom. The van der Waals surface area contributed by atoms with Crippen molar-refractivity contribution in [2.24, 2.45) is 0 Å². The Balaban J connectivity index is 1.81. The number of methoxy groups -OCH3 is 2. The molecule has 1 amide bonds. The highest BCUT2D eigenvalue weighted by atomic mass is 32.2. The van der Waals surface area contributed by atoms with Gasteiger partial charge in [0.25, 0.3) is 5.91 Å². The van der Waals surface area contributed by atoms with Gasteiger partial charge in [-0.3, -0.25) is 4.79 Å². The number of benzene rings is 2. The average Bonchev–Trinajstić information content (AvgIpc) is 2.82. The number of carbonyl (C=O) groups is 1. The number of amides is 1. The summed E-state index contributed by atoms with van der Waals surface area (Å²) in [6, 6.07) is 17.1. The normalized spacial score (nSPS) is 11.2. The summed E-state index contributed by atoms with van der Waals surface area (Å²) in [6.07, 6.45) is 1.58. The maximum Gasteiger partial charge on any atom is 0.251 e. The fourth-order valence-electron chi connectivity index (χ4n) is 3.07. The molecule has 3 aromatic rings. The van der Waals surface area contributed by atoms with E-state index >= 15 is 0 Å². The van der Waals surface area contributed by atoms with Crippen molar-refractivity contribution in [3.63, 3.8) is 0 Å². The Labute approximate surface area is 187 Å². The van der Waals surface area contributed by atoms with E-state index in [9.17, 15) is 13.2 Å². The summed E-state index contributed by atoms with van der Waals surface area (Å²) in [4.78, 5) is 16.7. The molecule has 0 atom stereocenters. The number of sulfonamides is 1. The maximum atomic E-state index is 13.2. The Hall–Kier alpha value is -3.43. The smallest absolute Gasteiger partial charge is 0.251 e. The molecule has 2 aromatic carbocycles. The van der Waals surface area contributed by atoms with Crippen molar-refractivity contribution in [2.75, 3.05) is 21.3 Å². The molecule has 0 radical (unpaired) electrons. The molecule has 3 rings (SSSR count). The number of aromatic nitrogens is 1. The van der Waals surface area contributed by atoms with E-state index in [-0.39, 0.29) is 29.3 Å². The fraction of sp³-hybridized carbons (Fsp3) is 0.217. The van der Waals surface area contributed by atoms with Crippen molar-refractivity contribution in [3.05, 3.63) is 83.6 Å². The number of hydrogen-bond donors (Lipinski definition) is 1. The Kier molecular flexibility index (Phi) is 7.45. The minimum Gasteiger partial charge on any atom is -0.495 e. The highest BCUT2D eigenvalue weighted by Gasteiger charge is 2.26. The van der Waals surface area contributed by atoms with E-state index in [1.165, 1.54) is 43.8 Å². The molecule has 0 aliphatic heterocycles. The quantitative estimate of drug-likeness (QED) is 0.533. The van der Waals surface area contributed by atoms with E-state index in [2.05, 4.69) is 10.3 Å². The Morgan fingerprint density at radius 3 is 2.44 bits per heavy atom. The van der Waals surface area contributed by atoms with Crippen molar-refractivity contribution < 1.29 is 22.7 Å². The van der Waals surface area contributed by atoms with Crippen LogP contribution in [-0.2, 0) is 23.1 Å². The standard InChI is InChI=1S/C23H25N3O5S/c1-26(16-17-7-5-4-6-8-17)32(28,29)21-14-19(9-10-20(21)30-2)23(27)25-15-18-11-12-24-22(13-18)31-3/h4-14H,15-16H2,1-3H3,(H,25,27). The van der Waals surface area contributed by atoms with Crippen LogP contribution in [0.3, 0.4) is 0 Å². The third-order valence-electron chi connectivity index (χ3n) is 4.82. The van der Waals surface area contributed by atoms with Crippen LogP contribution in [0.25, 0.3) is 0 Å². The Bertz CT molecular complexity index is 1180. The molecule has 0 saturated heterocycles. The zero-order chi connectivity index (χ0) is 23.1. The van der Waals surface area contributed by atoms with Gasteiger partial charge in [-0.25, -0.2) is 13.4 Å². The van der Waals surface area contributed by atoms with E-state index in [1.807, 2.05) is 30.3 Å². The Morgan fingerprint density at radius 2 is 1.75 bits per heavy atom. The van der Waals surface area contributed by atoms with Gasteiger partial charge in [-0.2, -0.15) is 4.31 Å². The molecule has 0 fully saturated rings. The van der Waals surface area contributed by atoms with Crippen LogP contribution in [0.4, 0.5) is 0 Å². The highest BCUT2D eigenvalue weighted by molar-refractivity contribution is 7.89. The summed E-state index contributed by atoms with van der Waals surface area (Å²) in [5, 5.41) is 2.78. The average molecular weight is 456 g/mol. The molecule has 1 aromatic heterocycles. The van der Waals surface area contributed by atoms with E-state index in [4.69, 9.17) is 9.47 Å². The molecule has 0 bridgehead atoms. The first-order valence-electron chi connectivity index (χ1n) is 9.80. The van der Waals surface area contributed by atoms with Gasteiger partial charge in [0.15, 0.2) is 0 Å². The van der Waals surface area contributed by atoms with Crippen LogP contribution in [0.15, 0.2) is 71.8 Å². The summed E-state index contributed by atoms with van der Waals surface area (Å²) in [5.74, 6) is 0.196. The summed E-state index contributed by atoms with van der Waals surface area (Å²) >= 11 is 0. The zero-order valence-electron chi connectivity index (χ0n) is 18.1. The van der Waals surface area contributed by atoms with E-state index in [0.29, 0.717) is 5.88 Å². The van der Waals surface area contributed by atoms with Crippen molar-refractivity contribution in [1.82, 2.24) is 14.6 Å². The van der Waals surface area contributed by atoms with Gasteiger partial charge in [0.05, 0.1) is 14.2 Å². The first-order valence-corrected chi connectivity index (χ1v) is 11.2. The second kappa shape index (κ2) is 10.3. The number of hydrogen-bond acceptors (Lipinski definition) is 6. The second-order valence-corrected chi connectivity index (χ2v) is 9.01. The number of rotatable bonds is 9. The van der Waals surface area contributed by atoms with Crippen molar-refractivity contribution in [2.45, 2.75) is 18.0 Å². The lowest BCUT2D eigenvalue weighted by molar-refractivity contribution is 0.0950. The number of ether oxygens (including phenoxy) is 2. The highest BCUT2D eigenvalue weighted by Crippen LogP contribution is 2.28. The van der Waals surface area contributed by atoms with E-state index < -0.39 is 15.9 Å². The molecule has 1 N–H and O–H groups in total. The summed E-state index contributed by atoms with van der Waals surface area (Å²) in [7, 11) is 0.487. The molecule has 8 nitrogen and oxygen atoms in total. The molecule has 168 valence electrons. The molecule has 0 aliphatic rings. The number of pyridine rings is 1. The van der Waals surface area contributed by atoms with Crippen molar-refractivity contribution in [1.29, 1.82) is 0 Å². The molecule has 0 aliphatic carbocycles. The lowest BCUT2D eigenvalue weighted by Gasteiger charge is -2.19. The molecule has 0 spiro atoms. The number of carbonyl (C=O) groups excluding carboxylic acids is 1. The fourth-order valence-corrected chi connectivity index (χ4v) is 4.41. The largest absolute Gasteiger partial charge is 0.495 e. The molecule has 0 saturated carbocycles. The number of nitrogens with one attached hydrogen (secondary N) is 1. The predicted molar refractivity (Wildman–Crippen MR) is 120 cm³/mol. The van der Waals surface area contributed by atoms with E-state index in [0.717, 1.165) is 11.1 Å². The van der Waals surface area contributed by atoms with Gasteiger partial charge in [-0.05, 0) is 35.4 Å². The van der Waals surface area contributed by atoms with Crippen LogP contribution in [0.1, 0.15) is 21.5 Å². The van der Waals surface area contributed by atoms with Gasteiger partial charge in [-0.1, -0.05) is 30.3 Å². The molecular formula is C23H25N3O5S. The maximum absolute atomic E-state index is 13.2. The van der Waals surface area contributed by atoms with Crippen LogP contribution in [-0.4, -0.2) is 44.9 Å². The topological polar surface area (TPSA) is 97.8 Å². The molecule has 0 unspecified atom stereocenters. The van der Waals surface area contributed by atoms with Crippen LogP contribution in [0.2, 0.25) is 0 Å². The van der Waals surface area contributed by atoms with Gasteiger partial charge < -0.3 is 14.8 Å². The molecule has 1 heterocycles. The summed E-state index contributed by atoms with van der Waals surface area (Å²) in [6.45, 7) is 0.423. The lowest BCUT2D eigenvalue weighted by atomic mass is 10.2. The monoisotopic (exact) mass is 455 g/mol. The third kappa shape index (κ3) is 5.43. The minimum absolute atomic E-state index is 0.0725. The van der Waals surface area contributed by atoms with Crippen LogP contribution in [0.5, 0.6) is 11.6 Å². The number of nitrogens with zero attached hydrogens (tertiary/aromatic N) is 2. The van der Waals surface area contributed by atoms with Gasteiger partial charge in [0.1, 0.15) is 10.6 Å². The lowest BCUT2D eigenvalue weighted by Crippen LogP contribution is -2.28. The second-order valence-electron chi connectivity index (χ2n) is 7.00. The third-order valence-corrected chi connectivity index (χ3v) is 6.65. The van der Waals surface area contributed by atoms with Crippen molar-refractivity contribution in [3.8, 4) is 11.6 Å².